The van der Waals surface area contributed by atoms with E-state index in [1.807, 2.05) is 0 Å². The number of aliphatic imine (C=N–C) groups is 1. The summed E-state index contributed by atoms with van der Waals surface area (Å²) in [4.78, 5) is 56.6. The largest absolute Gasteiger partial charge is 0.422 e. The lowest BCUT2D eigenvalue weighted by Gasteiger charge is -2.19. The Kier molecular flexibility index (Phi) is 5.46. The molecule has 2 aliphatic heterocycles. The summed E-state index contributed by atoms with van der Waals surface area (Å²) in [7, 11) is 1.54. The highest BCUT2D eigenvalue weighted by Gasteiger charge is 2.39. The average Bonchev–Trinajstić information content (AvgIpc) is 2.96. The van der Waals surface area contributed by atoms with Crippen molar-refractivity contribution in [1.82, 2.24) is 9.80 Å². The molecule has 1 fully saturated rings. The van der Waals surface area contributed by atoms with Gasteiger partial charge >= 0.3 is 5.97 Å². The maximum atomic E-state index is 13.2. The van der Waals surface area contributed by atoms with Crippen molar-refractivity contribution in [3.05, 3.63) is 82.2 Å². The van der Waals surface area contributed by atoms with Crippen LogP contribution in [0.5, 0.6) is 5.75 Å². The fraction of sp³-hybridized carbons (Fsp3) is 0.0870. The van der Waals surface area contributed by atoms with Crippen LogP contribution in [0, 0.1) is 0 Å². The number of benzene rings is 2. The van der Waals surface area contributed by atoms with Crippen molar-refractivity contribution in [2.45, 2.75) is 6.92 Å². The van der Waals surface area contributed by atoms with E-state index in [4.69, 9.17) is 16.3 Å². The minimum absolute atomic E-state index is 0.0623. The molecule has 2 aliphatic rings. The third-order valence-corrected chi connectivity index (χ3v) is 5.17. The Morgan fingerprint density at radius 1 is 1.06 bits per heavy atom. The fourth-order valence-corrected chi connectivity index (χ4v) is 3.48. The topological polar surface area (TPSA) is 96.3 Å². The molecular formula is C23H16ClN3O5. The number of ketones is 1. The van der Waals surface area contributed by atoms with Crippen LogP contribution in [0.1, 0.15) is 22.8 Å². The van der Waals surface area contributed by atoms with Crippen molar-refractivity contribution in [3.63, 3.8) is 0 Å². The number of halogens is 1. The molecule has 0 radical (unpaired) electrons. The van der Waals surface area contributed by atoms with Crippen molar-refractivity contribution in [2.75, 3.05) is 7.05 Å². The zero-order chi connectivity index (χ0) is 23.0. The summed E-state index contributed by atoms with van der Waals surface area (Å²) in [6.07, 6.45) is 2.59. The van der Waals surface area contributed by atoms with E-state index in [2.05, 4.69) is 4.99 Å². The molecule has 0 aromatic heterocycles. The van der Waals surface area contributed by atoms with E-state index in [1.165, 1.54) is 37.1 Å². The van der Waals surface area contributed by atoms with Gasteiger partial charge in [0.05, 0.1) is 5.56 Å². The summed E-state index contributed by atoms with van der Waals surface area (Å²) in [6.45, 7) is 1.22. The Bertz CT molecular complexity index is 1280. The van der Waals surface area contributed by atoms with Crippen LogP contribution < -0.4 is 4.74 Å². The van der Waals surface area contributed by atoms with E-state index >= 15 is 0 Å². The van der Waals surface area contributed by atoms with Crippen LogP contribution >= 0.6 is 11.6 Å². The van der Waals surface area contributed by atoms with E-state index < -0.39 is 23.6 Å². The maximum absolute atomic E-state index is 13.2. The first kappa shape index (κ1) is 21.2. The number of carbonyl (C=O) groups excluding carboxylic acids is 4. The highest BCUT2D eigenvalue weighted by atomic mass is 35.5. The third-order valence-electron chi connectivity index (χ3n) is 4.83. The molecule has 1 saturated heterocycles. The van der Waals surface area contributed by atoms with Gasteiger partial charge in [0.15, 0.2) is 0 Å². The number of ether oxygens (including phenoxy) is 1. The first-order chi connectivity index (χ1) is 15.3. The van der Waals surface area contributed by atoms with E-state index in [1.54, 1.807) is 36.4 Å². The van der Waals surface area contributed by atoms with Gasteiger partial charge < -0.3 is 9.64 Å². The summed E-state index contributed by atoms with van der Waals surface area (Å²) >= 11 is 6.21. The van der Waals surface area contributed by atoms with E-state index in [9.17, 15) is 19.2 Å². The quantitative estimate of drug-likeness (QED) is 0.302. The predicted octanol–water partition coefficient (Wildman–Crippen LogP) is 3.04. The highest BCUT2D eigenvalue weighted by Crippen LogP contribution is 2.30. The Morgan fingerprint density at radius 3 is 2.47 bits per heavy atom. The molecule has 2 amide bonds. The lowest BCUT2D eigenvalue weighted by molar-refractivity contribution is -0.130. The molecule has 2 aromatic carbocycles. The number of Topliss-reactive ketones (excluding diaryl/α,β-unsaturated/α-hetero) is 1. The molecule has 32 heavy (non-hydrogen) atoms. The number of para-hydroxylation sites is 1. The molecule has 0 saturated carbocycles. The molecule has 2 aromatic rings. The average molecular weight is 450 g/mol. The van der Waals surface area contributed by atoms with Crippen LogP contribution in [0.15, 0.2) is 71.0 Å². The summed E-state index contributed by atoms with van der Waals surface area (Å²) in [6, 6.07) is 13.2. The molecule has 4 rings (SSSR count). The first-order valence-electron chi connectivity index (χ1n) is 9.48. The molecule has 8 nitrogen and oxygen atoms in total. The summed E-state index contributed by atoms with van der Waals surface area (Å²) in [5.41, 5.74) is 0.547. The Balaban J connectivity index is 1.81. The Labute approximate surface area is 188 Å². The molecule has 160 valence electrons. The molecule has 0 N–H and O–H groups in total. The summed E-state index contributed by atoms with van der Waals surface area (Å²) in [5.74, 6) is -2.59. The van der Waals surface area contributed by atoms with Crippen molar-refractivity contribution >= 4 is 47.2 Å². The van der Waals surface area contributed by atoms with E-state index in [0.717, 1.165) is 11.1 Å². The molecule has 9 heteroatoms. The number of fused-ring (bicyclic) bond motifs is 1. The number of nitrogens with zero attached hydrogens (tertiary/aromatic N) is 3. The minimum Gasteiger partial charge on any atom is -0.422 e. The van der Waals surface area contributed by atoms with Crippen LogP contribution in [0.4, 0.5) is 0 Å². The molecule has 2 heterocycles. The fourth-order valence-electron chi connectivity index (χ4n) is 3.29. The van der Waals surface area contributed by atoms with Gasteiger partial charge in [-0.3, -0.25) is 19.3 Å². The second-order valence-electron chi connectivity index (χ2n) is 6.97. The van der Waals surface area contributed by atoms with Gasteiger partial charge in [0.2, 0.25) is 17.6 Å². The van der Waals surface area contributed by atoms with Gasteiger partial charge in [-0.05, 0) is 29.8 Å². The zero-order valence-corrected chi connectivity index (χ0v) is 17.8. The molecule has 0 spiro atoms. The number of esters is 1. The third kappa shape index (κ3) is 3.72. The van der Waals surface area contributed by atoms with Crippen molar-refractivity contribution < 1.29 is 23.9 Å². The van der Waals surface area contributed by atoms with Gasteiger partial charge in [-0.2, -0.15) is 4.99 Å². The van der Waals surface area contributed by atoms with Crippen LogP contribution in [0.25, 0.3) is 6.08 Å². The molecule has 0 atom stereocenters. The summed E-state index contributed by atoms with van der Waals surface area (Å²) in [5, 5.41) is 0.422. The molecule has 0 bridgehead atoms. The highest BCUT2D eigenvalue weighted by molar-refractivity contribution is 6.32. The van der Waals surface area contributed by atoms with Crippen LogP contribution in [0.2, 0.25) is 5.02 Å². The standard InChI is InChI=1S/C23H16ClN3O5/c1-13(28)25-23-26(2)18(11-14-7-3-5-9-17(14)24)21(30)27(23)12-16-20(29)15-8-4-6-10-19(15)32-22(16)31/h3-12H,1-2H3/b16-12+,18-11-,25-23?. The lowest BCUT2D eigenvalue weighted by atomic mass is 10.0. The first-order valence-corrected chi connectivity index (χ1v) is 9.86. The van der Waals surface area contributed by atoms with Gasteiger partial charge in [0, 0.05) is 25.2 Å². The number of guanidine groups is 1. The SMILES string of the molecule is CC(=O)N=C1N(/C=C2/C(=O)Oc3ccccc3C2=O)C(=O)/C(=C/c2ccccc2Cl)N1C. The van der Waals surface area contributed by atoms with E-state index in [-0.39, 0.29) is 28.5 Å². The van der Waals surface area contributed by atoms with Crippen LogP contribution in [-0.4, -0.2) is 46.4 Å². The van der Waals surface area contributed by atoms with Gasteiger partial charge in [0.1, 0.15) is 17.0 Å². The van der Waals surface area contributed by atoms with Crippen LogP contribution in [0.3, 0.4) is 0 Å². The second-order valence-corrected chi connectivity index (χ2v) is 7.38. The zero-order valence-electron chi connectivity index (χ0n) is 17.0. The van der Waals surface area contributed by atoms with Crippen molar-refractivity contribution in [3.8, 4) is 5.75 Å². The smallest absolute Gasteiger partial charge is 0.349 e. The number of hydrogen-bond donors (Lipinski definition) is 0. The monoisotopic (exact) mass is 449 g/mol. The number of amides is 2. The number of rotatable bonds is 2. The van der Waals surface area contributed by atoms with Gasteiger partial charge in [-0.25, -0.2) is 4.79 Å². The minimum atomic E-state index is -0.908. The van der Waals surface area contributed by atoms with Gasteiger partial charge in [-0.1, -0.05) is 41.9 Å². The number of hydrogen-bond acceptors (Lipinski definition) is 5. The Morgan fingerprint density at radius 2 is 1.75 bits per heavy atom. The van der Waals surface area contributed by atoms with Gasteiger partial charge in [-0.15, -0.1) is 0 Å². The second kappa shape index (κ2) is 8.24. The Hall–Kier alpha value is -4.04. The maximum Gasteiger partial charge on any atom is 0.349 e. The molecule has 0 unspecified atom stereocenters. The number of carbonyl (C=O) groups is 4. The van der Waals surface area contributed by atoms with Gasteiger partial charge in [0.25, 0.3) is 5.91 Å². The summed E-state index contributed by atoms with van der Waals surface area (Å²) < 4.78 is 5.22. The van der Waals surface area contributed by atoms with Crippen molar-refractivity contribution in [2.24, 2.45) is 4.99 Å². The molecule has 0 aliphatic carbocycles. The number of likely N-dealkylation sites (N-methyl/N-ethyl adjacent to an activating group) is 1. The predicted molar refractivity (Wildman–Crippen MR) is 117 cm³/mol. The van der Waals surface area contributed by atoms with E-state index in [0.29, 0.717) is 10.6 Å². The normalized spacial score (nSPS) is 19.7. The molecular weight excluding hydrogens is 434 g/mol. The van der Waals surface area contributed by atoms with Crippen molar-refractivity contribution in [1.29, 1.82) is 0 Å². The van der Waals surface area contributed by atoms with Crippen LogP contribution in [-0.2, 0) is 14.4 Å². The lowest BCUT2D eigenvalue weighted by Crippen LogP contribution is -2.33.